The molecule has 0 aromatic heterocycles. The summed E-state index contributed by atoms with van der Waals surface area (Å²) in [7, 11) is 0. The van der Waals surface area contributed by atoms with Crippen LogP contribution in [0.25, 0.3) is 0 Å². The fourth-order valence-electron chi connectivity index (χ4n) is 1.68. The first kappa shape index (κ1) is 13.0. The van der Waals surface area contributed by atoms with E-state index in [1.165, 1.54) is 0 Å². The fraction of sp³-hybridized carbons (Fsp3) is 0.818. The van der Waals surface area contributed by atoms with Crippen molar-refractivity contribution in [3.63, 3.8) is 0 Å². The molecule has 0 bridgehead atoms. The van der Waals surface area contributed by atoms with Gasteiger partial charge in [0, 0.05) is 6.04 Å². The predicted molar refractivity (Wildman–Crippen MR) is 56.5 cm³/mol. The molecule has 80 valence electrons. The first-order valence-electron chi connectivity index (χ1n) is 4.95. The largest absolute Gasteiger partial charge is 0.352 e. The molecular weight excluding hydrogens is 176 g/mol. The molecule has 1 amide bonds. The molecule has 3 heteroatoms. The maximum absolute atomic E-state index is 11.3. The van der Waals surface area contributed by atoms with Gasteiger partial charge in [-0.15, -0.1) is 0 Å². The summed E-state index contributed by atoms with van der Waals surface area (Å²) in [5.41, 5.74) is 0.0271. The second-order valence-corrected chi connectivity index (χ2v) is 4.99. The Balaban J connectivity index is 4.41. The molecule has 0 aromatic rings. The molecule has 0 aliphatic rings. The highest BCUT2D eigenvalue weighted by Gasteiger charge is 2.28. The molecule has 3 nitrogen and oxygen atoms in total. The number of amides is 1. The standard InChI is InChI=1S/C11H20N2O/c1-8(2)10(11(3,4)5)13-9(14)6-7-12/h8,10H,6H2,1-5H3,(H,13,14)/t10-/m1/s1. The molecular formula is C11H20N2O. The first-order valence-corrected chi connectivity index (χ1v) is 4.95. The van der Waals surface area contributed by atoms with E-state index in [2.05, 4.69) is 39.9 Å². The lowest BCUT2D eigenvalue weighted by Crippen LogP contribution is -2.46. The summed E-state index contributed by atoms with van der Waals surface area (Å²) in [5, 5.41) is 11.3. The lowest BCUT2D eigenvalue weighted by atomic mass is 9.80. The van der Waals surface area contributed by atoms with E-state index in [4.69, 9.17) is 5.26 Å². The first-order chi connectivity index (χ1) is 6.29. The number of carbonyl (C=O) groups excluding carboxylic acids is 1. The minimum absolute atomic E-state index is 0.0271. The Morgan fingerprint density at radius 1 is 1.43 bits per heavy atom. The van der Waals surface area contributed by atoms with Crippen LogP contribution in [-0.4, -0.2) is 11.9 Å². The number of hydrogen-bond donors (Lipinski definition) is 1. The van der Waals surface area contributed by atoms with Crippen molar-refractivity contribution in [1.29, 1.82) is 5.26 Å². The van der Waals surface area contributed by atoms with Crippen LogP contribution in [0, 0.1) is 22.7 Å². The van der Waals surface area contributed by atoms with E-state index in [1.807, 2.05) is 6.07 Å². The molecule has 0 aliphatic carbocycles. The molecule has 0 spiro atoms. The SMILES string of the molecule is CC(C)[C@@H](NC(=O)CC#N)C(C)(C)C. The second kappa shape index (κ2) is 4.99. The molecule has 0 heterocycles. The van der Waals surface area contributed by atoms with E-state index in [-0.39, 0.29) is 23.8 Å². The maximum atomic E-state index is 11.3. The Labute approximate surface area is 86.5 Å². The van der Waals surface area contributed by atoms with Crippen LogP contribution in [0.1, 0.15) is 41.0 Å². The Hall–Kier alpha value is -1.04. The van der Waals surface area contributed by atoms with E-state index in [1.54, 1.807) is 0 Å². The van der Waals surface area contributed by atoms with Gasteiger partial charge in [0.05, 0.1) is 6.07 Å². The van der Waals surface area contributed by atoms with E-state index in [0.29, 0.717) is 5.92 Å². The zero-order valence-electron chi connectivity index (χ0n) is 9.72. The van der Waals surface area contributed by atoms with Crippen molar-refractivity contribution >= 4 is 5.91 Å². The van der Waals surface area contributed by atoms with Crippen molar-refractivity contribution in [2.75, 3.05) is 0 Å². The fourth-order valence-corrected chi connectivity index (χ4v) is 1.68. The molecule has 14 heavy (non-hydrogen) atoms. The van der Waals surface area contributed by atoms with Crippen LogP contribution in [0.15, 0.2) is 0 Å². The summed E-state index contributed by atoms with van der Waals surface area (Å²) in [4.78, 5) is 11.3. The number of carbonyl (C=O) groups is 1. The lowest BCUT2D eigenvalue weighted by Gasteiger charge is -2.34. The van der Waals surface area contributed by atoms with Gasteiger partial charge in [0.15, 0.2) is 0 Å². The van der Waals surface area contributed by atoms with Gasteiger partial charge in [0.1, 0.15) is 6.42 Å². The van der Waals surface area contributed by atoms with Crippen LogP contribution >= 0.6 is 0 Å². The summed E-state index contributed by atoms with van der Waals surface area (Å²) >= 11 is 0. The van der Waals surface area contributed by atoms with Crippen molar-refractivity contribution < 1.29 is 4.79 Å². The van der Waals surface area contributed by atoms with Crippen LogP contribution in [0.4, 0.5) is 0 Å². The highest BCUT2D eigenvalue weighted by molar-refractivity contribution is 5.78. The molecule has 1 N–H and O–H groups in total. The van der Waals surface area contributed by atoms with E-state index >= 15 is 0 Å². The van der Waals surface area contributed by atoms with Gasteiger partial charge in [-0.25, -0.2) is 0 Å². The van der Waals surface area contributed by atoms with Crippen molar-refractivity contribution in [2.24, 2.45) is 11.3 Å². The monoisotopic (exact) mass is 196 g/mol. The molecule has 0 radical (unpaired) electrons. The topological polar surface area (TPSA) is 52.9 Å². The summed E-state index contributed by atoms with van der Waals surface area (Å²) < 4.78 is 0. The zero-order chi connectivity index (χ0) is 11.4. The van der Waals surface area contributed by atoms with Gasteiger partial charge in [0.25, 0.3) is 0 Å². The highest BCUT2D eigenvalue weighted by Crippen LogP contribution is 2.24. The van der Waals surface area contributed by atoms with Gasteiger partial charge in [-0.2, -0.15) is 5.26 Å². The smallest absolute Gasteiger partial charge is 0.234 e. The molecule has 0 saturated carbocycles. The average molecular weight is 196 g/mol. The van der Waals surface area contributed by atoms with Gasteiger partial charge in [-0.05, 0) is 11.3 Å². The Morgan fingerprint density at radius 2 is 1.93 bits per heavy atom. The van der Waals surface area contributed by atoms with Crippen LogP contribution in [0.2, 0.25) is 0 Å². The third-order valence-corrected chi connectivity index (χ3v) is 2.16. The highest BCUT2D eigenvalue weighted by atomic mass is 16.1. The normalized spacial score (nSPS) is 13.5. The molecule has 0 saturated heterocycles. The summed E-state index contributed by atoms with van der Waals surface area (Å²) in [6, 6.07) is 1.97. The average Bonchev–Trinajstić information content (AvgIpc) is 1.98. The molecule has 0 aliphatic heterocycles. The number of nitriles is 1. The second-order valence-electron chi connectivity index (χ2n) is 4.99. The van der Waals surface area contributed by atoms with Gasteiger partial charge < -0.3 is 5.32 Å². The third kappa shape index (κ3) is 4.27. The minimum Gasteiger partial charge on any atom is -0.352 e. The molecule has 0 aromatic carbocycles. The lowest BCUT2D eigenvalue weighted by molar-refractivity contribution is -0.122. The number of nitrogens with one attached hydrogen (secondary N) is 1. The summed E-state index contributed by atoms with van der Waals surface area (Å²) in [6.07, 6.45) is -0.0562. The quantitative estimate of drug-likeness (QED) is 0.751. The molecule has 0 rings (SSSR count). The van der Waals surface area contributed by atoms with Crippen molar-refractivity contribution in [1.82, 2.24) is 5.32 Å². The van der Waals surface area contributed by atoms with Crippen LogP contribution in [0.3, 0.4) is 0 Å². The number of rotatable bonds is 3. The van der Waals surface area contributed by atoms with Gasteiger partial charge in [0.2, 0.25) is 5.91 Å². The summed E-state index contributed by atoms with van der Waals surface area (Å²) in [6.45, 7) is 10.4. The van der Waals surface area contributed by atoms with Gasteiger partial charge in [-0.1, -0.05) is 34.6 Å². The molecule has 0 unspecified atom stereocenters. The van der Waals surface area contributed by atoms with E-state index < -0.39 is 0 Å². The molecule has 1 atom stereocenters. The van der Waals surface area contributed by atoms with Crippen molar-refractivity contribution in [3.05, 3.63) is 0 Å². The van der Waals surface area contributed by atoms with Crippen molar-refractivity contribution in [2.45, 2.75) is 47.1 Å². The molecule has 0 fully saturated rings. The van der Waals surface area contributed by atoms with Crippen LogP contribution < -0.4 is 5.32 Å². The Morgan fingerprint density at radius 3 is 2.21 bits per heavy atom. The van der Waals surface area contributed by atoms with E-state index in [9.17, 15) is 4.79 Å². The Bertz CT molecular complexity index is 233. The maximum Gasteiger partial charge on any atom is 0.234 e. The van der Waals surface area contributed by atoms with Crippen molar-refractivity contribution in [3.8, 4) is 6.07 Å². The number of nitrogens with zero attached hydrogens (tertiary/aromatic N) is 1. The summed E-state index contributed by atoms with van der Waals surface area (Å²) in [5.74, 6) is 0.193. The Kier molecular flexibility index (Phi) is 4.62. The number of hydrogen-bond acceptors (Lipinski definition) is 2. The van der Waals surface area contributed by atoms with Gasteiger partial charge >= 0.3 is 0 Å². The van der Waals surface area contributed by atoms with Gasteiger partial charge in [-0.3, -0.25) is 4.79 Å². The third-order valence-electron chi connectivity index (χ3n) is 2.16. The van der Waals surface area contributed by atoms with Crippen LogP contribution in [0.5, 0.6) is 0 Å². The van der Waals surface area contributed by atoms with Crippen LogP contribution in [-0.2, 0) is 4.79 Å². The minimum atomic E-state index is -0.180. The predicted octanol–water partition coefficient (Wildman–Crippen LogP) is 2.09. The van der Waals surface area contributed by atoms with E-state index in [0.717, 1.165) is 0 Å². The zero-order valence-corrected chi connectivity index (χ0v) is 9.72.